The van der Waals surface area contributed by atoms with Crippen molar-refractivity contribution >= 4 is 41.0 Å². The molecule has 3 rings (SSSR count). The number of aryl methyl sites for hydroxylation is 1. The van der Waals surface area contributed by atoms with Crippen LogP contribution in [-0.2, 0) is 4.79 Å². The second kappa shape index (κ2) is 9.05. The Balaban J connectivity index is 1.98. The van der Waals surface area contributed by atoms with E-state index < -0.39 is 17.8 Å². The fourth-order valence-electron chi connectivity index (χ4n) is 3.60. The van der Waals surface area contributed by atoms with Gasteiger partial charge in [-0.05, 0) is 75.2 Å². The van der Waals surface area contributed by atoms with Gasteiger partial charge in [-0.25, -0.2) is 9.59 Å². The lowest BCUT2D eigenvalue weighted by atomic mass is 10.0. The van der Waals surface area contributed by atoms with Crippen molar-refractivity contribution in [2.75, 3.05) is 23.0 Å². The van der Waals surface area contributed by atoms with Gasteiger partial charge < -0.3 is 15.1 Å². The Bertz CT molecular complexity index is 1130. The largest absolute Gasteiger partial charge is 0.478 e. The highest BCUT2D eigenvalue weighted by atomic mass is 16.4. The third-order valence-corrected chi connectivity index (χ3v) is 5.40. The number of carboxylic acid groups (broad SMARTS) is 2. The smallest absolute Gasteiger partial charge is 0.335 e. The lowest BCUT2D eigenvalue weighted by Crippen LogP contribution is -2.22. The van der Waals surface area contributed by atoms with Gasteiger partial charge in [-0.15, -0.1) is 0 Å². The lowest BCUT2D eigenvalue weighted by molar-refractivity contribution is -0.114. The number of hydrazone groups is 1. The van der Waals surface area contributed by atoms with Crippen molar-refractivity contribution in [1.82, 2.24) is 0 Å². The van der Waals surface area contributed by atoms with E-state index in [1.807, 2.05) is 19.1 Å². The van der Waals surface area contributed by atoms with Crippen LogP contribution in [0.2, 0.25) is 0 Å². The molecule has 1 heterocycles. The molecule has 0 saturated heterocycles. The fourth-order valence-corrected chi connectivity index (χ4v) is 3.60. The minimum atomic E-state index is -1.29. The third-order valence-electron chi connectivity index (χ3n) is 5.40. The predicted molar refractivity (Wildman–Crippen MR) is 124 cm³/mol. The van der Waals surface area contributed by atoms with Crippen LogP contribution in [0.4, 0.5) is 11.4 Å². The van der Waals surface area contributed by atoms with E-state index in [1.165, 1.54) is 12.1 Å². The van der Waals surface area contributed by atoms with Crippen LogP contribution in [-0.4, -0.2) is 46.9 Å². The molecule has 0 aromatic heterocycles. The SMILES string of the molecule is CCN(CC)c1ccc(C=C2C(=O)N(c3cc(C(=O)O)cc(C(=O)O)c3)N=C2C)c(C)c1. The third kappa shape index (κ3) is 4.39. The summed E-state index contributed by atoms with van der Waals surface area (Å²) in [7, 11) is 0. The highest BCUT2D eigenvalue weighted by Gasteiger charge is 2.30. The van der Waals surface area contributed by atoms with E-state index in [0.29, 0.717) is 11.3 Å². The summed E-state index contributed by atoms with van der Waals surface area (Å²) in [6.07, 6.45) is 1.75. The second-order valence-electron chi connectivity index (χ2n) is 7.45. The summed E-state index contributed by atoms with van der Waals surface area (Å²) in [6, 6.07) is 9.53. The summed E-state index contributed by atoms with van der Waals surface area (Å²) in [6.45, 7) is 9.62. The minimum absolute atomic E-state index is 0.0867. The zero-order valence-corrected chi connectivity index (χ0v) is 18.4. The van der Waals surface area contributed by atoms with Gasteiger partial charge in [0.2, 0.25) is 0 Å². The molecule has 166 valence electrons. The Morgan fingerprint density at radius 1 is 1.00 bits per heavy atom. The summed E-state index contributed by atoms with van der Waals surface area (Å²) in [5.74, 6) is -3.03. The summed E-state index contributed by atoms with van der Waals surface area (Å²) in [5.41, 5.74) is 3.41. The standard InChI is InChI=1S/C24H25N3O5/c1-5-26(6-2)19-8-7-16(14(3)9-19)13-21-15(4)25-27(22(21)28)20-11-17(23(29)30)10-18(12-20)24(31)32/h7-13H,5-6H2,1-4H3,(H,29,30)(H,31,32). The molecule has 0 unspecified atom stereocenters. The monoisotopic (exact) mass is 435 g/mol. The molecule has 1 aliphatic heterocycles. The molecular weight excluding hydrogens is 410 g/mol. The number of benzene rings is 2. The van der Waals surface area contributed by atoms with Crippen LogP contribution in [0.3, 0.4) is 0 Å². The second-order valence-corrected chi connectivity index (χ2v) is 7.45. The van der Waals surface area contributed by atoms with Gasteiger partial charge in [-0.3, -0.25) is 4.79 Å². The first-order valence-corrected chi connectivity index (χ1v) is 10.2. The maximum absolute atomic E-state index is 13.1. The molecule has 2 aromatic carbocycles. The minimum Gasteiger partial charge on any atom is -0.478 e. The summed E-state index contributed by atoms with van der Waals surface area (Å²) in [4.78, 5) is 38.1. The van der Waals surface area contributed by atoms with Crippen LogP contribution in [0.25, 0.3) is 6.08 Å². The Morgan fingerprint density at radius 3 is 2.09 bits per heavy atom. The molecule has 32 heavy (non-hydrogen) atoms. The van der Waals surface area contributed by atoms with Crippen molar-refractivity contribution in [3.8, 4) is 0 Å². The molecule has 0 aliphatic carbocycles. The Kier molecular flexibility index (Phi) is 6.43. The molecule has 0 bridgehead atoms. The van der Waals surface area contributed by atoms with Gasteiger partial charge in [0.1, 0.15) is 0 Å². The molecule has 0 spiro atoms. The predicted octanol–water partition coefficient (Wildman–Crippen LogP) is 4.04. The van der Waals surface area contributed by atoms with Crippen molar-refractivity contribution in [3.05, 3.63) is 64.2 Å². The highest BCUT2D eigenvalue weighted by molar-refractivity contribution is 6.32. The van der Waals surface area contributed by atoms with Crippen LogP contribution >= 0.6 is 0 Å². The van der Waals surface area contributed by atoms with E-state index in [2.05, 4.69) is 29.9 Å². The molecule has 8 heteroatoms. The van der Waals surface area contributed by atoms with Crippen LogP contribution in [0.5, 0.6) is 0 Å². The number of aromatic carboxylic acids is 2. The molecule has 2 N–H and O–H groups in total. The number of hydrogen-bond acceptors (Lipinski definition) is 5. The first kappa shape index (κ1) is 22.7. The van der Waals surface area contributed by atoms with Gasteiger partial charge in [0.25, 0.3) is 5.91 Å². The van der Waals surface area contributed by atoms with E-state index in [0.717, 1.165) is 41.0 Å². The molecule has 0 radical (unpaired) electrons. The maximum Gasteiger partial charge on any atom is 0.335 e. The van der Waals surface area contributed by atoms with E-state index >= 15 is 0 Å². The van der Waals surface area contributed by atoms with Gasteiger partial charge in [0, 0.05) is 18.8 Å². The van der Waals surface area contributed by atoms with Crippen LogP contribution in [0.15, 0.2) is 47.1 Å². The van der Waals surface area contributed by atoms with Gasteiger partial charge >= 0.3 is 11.9 Å². The first-order valence-electron chi connectivity index (χ1n) is 10.2. The molecule has 8 nitrogen and oxygen atoms in total. The molecule has 1 aliphatic rings. The highest BCUT2D eigenvalue weighted by Crippen LogP contribution is 2.28. The number of anilines is 2. The molecule has 0 atom stereocenters. The number of nitrogens with zero attached hydrogens (tertiary/aromatic N) is 3. The summed E-state index contributed by atoms with van der Waals surface area (Å²) >= 11 is 0. The normalized spacial score (nSPS) is 14.6. The zero-order chi connectivity index (χ0) is 23.6. The van der Waals surface area contributed by atoms with Crippen molar-refractivity contribution in [3.63, 3.8) is 0 Å². The van der Waals surface area contributed by atoms with E-state index in [4.69, 9.17) is 0 Å². The quantitative estimate of drug-likeness (QED) is 0.635. The van der Waals surface area contributed by atoms with Crippen molar-refractivity contribution < 1.29 is 24.6 Å². The maximum atomic E-state index is 13.1. The van der Waals surface area contributed by atoms with Crippen LogP contribution < -0.4 is 9.91 Å². The molecular formula is C24H25N3O5. The van der Waals surface area contributed by atoms with Crippen molar-refractivity contribution in [2.24, 2.45) is 5.10 Å². The molecule has 0 saturated carbocycles. The lowest BCUT2D eigenvalue weighted by Gasteiger charge is -2.22. The van der Waals surface area contributed by atoms with Crippen LogP contribution in [0, 0.1) is 6.92 Å². The molecule has 1 amide bonds. The Labute approximate surface area is 186 Å². The number of carbonyl (C=O) groups excluding carboxylic acids is 1. The number of hydrogen-bond donors (Lipinski definition) is 2. The van der Waals surface area contributed by atoms with E-state index in [9.17, 15) is 24.6 Å². The number of carbonyl (C=O) groups is 3. The summed E-state index contributed by atoms with van der Waals surface area (Å²) in [5, 5.41) is 23.9. The molecule has 0 fully saturated rings. The fraction of sp³-hybridized carbons (Fsp3) is 0.250. The van der Waals surface area contributed by atoms with E-state index in [1.54, 1.807) is 13.0 Å². The molecule has 2 aromatic rings. The van der Waals surface area contributed by atoms with Crippen molar-refractivity contribution in [1.29, 1.82) is 0 Å². The topological polar surface area (TPSA) is 111 Å². The number of amides is 1. The Hall–Kier alpha value is -3.94. The van der Waals surface area contributed by atoms with Gasteiger partial charge in [-0.2, -0.15) is 10.1 Å². The number of carboxylic acids is 2. The zero-order valence-electron chi connectivity index (χ0n) is 18.4. The van der Waals surface area contributed by atoms with Gasteiger partial charge in [0.15, 0.2) is 0 Å². The van der Waals surface area contributed by atoms with Gasteiger partial charge in [0.05, 0.1) is 28.1 Å². The first-order chi connectivity index (χ1) is 15.2. The Morgan fingerprint density at radius 2 is 1.59 bits per heavy atom. The summed E-state index contributed by atoms with van der Waals surface area (Å²) < 4.78 is 0. The van der Waals surface area contributed by atoms with Crippen LogP contribution in [0.1, 0.15) is 52.6 Å². The average Bonchev–Trinajstić information content (AvgIpc) is 3.04. The number of rotatable bonds is 7. The van der Waals surface area contributed by atoms with E-state index in [-0.39, 0.29) is 16.8 Å². The van der Waals surface area contributed by atoms with Gasteiger partial charge in [-0.1, -0.05) is 6.07 Å². The van der Waals surface area contributed by atoms with Crippen molar-refractivity contribution in [2.45, 2.75) is 27.7 Å². The average molecular weight is 435 g/mol.